The topological polar surface area (TPSA) is 114 Å². The number of aromatic nitrogens is 2. The Morgan fingerprint density at radius 3 is 3.03 bits per heavy atom. The highest BCUT2D eigenvalue weighted by atomic mass is 32.2. The molecule has 3 heterocycles. The summed E-state index contributed by atoms with van der Waals surface area (Å²) in [6, 6.07) is 5.53. The van der Waals surface area contributed by atoms with Crippen LogP contribution in [0.15, 0.2) is 29.3 Å². The van der Waals surface area contributed by atoms with Gasteiger partial charge in [-0.3, -0.25) is 14.2 Å². The molecule has 2 aromatic rings. The molecule has 2 aliphatic heterocycles. The number of anilines is 1. The van der Waals surface area contributed by atoms with Crippen LogP contribution in [0, 0.1) is 0 Å². The van der Waals surface area contributed by atoms with Crippen LogP contribution in [-0.4, -0.2) is 58.3 Å². The van der Waals surface area contributed by atoms with Crippen LogP contribution in [0.4, 0.5) is 10.5 Å². The fourth-order valence-corrected chi connectivity index (χ4v) is 5.63. The molecule has 3 amide bonds. The Morgan fingerprint density at radius 1 is 1.32 bits per heavy atom. The predicted molar refractivity (Wildman–Crippen MR) is 120 cm³/mol. The lowest BCUT2D eigenvalue weighted by atomic mass is 10.0. The van der Waals surface area contributed by atoms with Crippen molar-refractivity contribution in [2.75, 3.05) is 24.8 Å². The number of nitrogens with zero attached hydrogens (tertiary/aromatic N) is 2. The van der Waals surface area contributed by atoms with Crippen LogP contribution in [0.2, 0.25) is 0 Å². The Balaban J connectivity index is 1.27. The maximum absolute atomic E-state index is 12.6. The van der Waals surface area contributed by atoms with Gasteiger partial charge in [0.25, 0.3) is 5.56 Å². The number of fused-ring (bicyclic) bond motifs is 2. The van der Waals surface area contributed by atoms with Crippen LogP contribution >= 0.6 is 11.8 Å². The van der Waals surface area contributed by atoms with Crippen molar-refractivity contribution in [2.24, 2.45) is 0 Å². The van der Waals surface area contributed by atoms with Gasteiger partial charge in [0, 0.05) is 30.2 Å². The lowest BCUT2D eigenvalue weighted by Gasteiger charge is -2.16. The summed E-state index contributed by atoms with van der Waals surface area (Å²) in [5.41, 5.74) is 1.03. The van der Waals surface area contributed by atoms with E-state index in [9.17, 15) is 14.4 Å². The largest absolute Gasteiger partial charge is 0.383 e. The molecule has 0 unspecified atom stereocenters. The normalized spacial score (nSPS) is 22.2. The van der Waals surface area contributed by atoms with Crippen LogP contribution in [0.25, 0.3) is 10.9 Å². The van der Waals surface area contributed by atoms with Gasteiger partial charge < -0.3 is 20.7 Å². The number of ether oxygens (including phenoxy) is 1. The van der Waals surface area contributed by atoms with Crippen molar-refractivity contribution in [3.63, 3.8) is 0 Å². The highest BCUT2D eigenvalue weighted by molar-refractivity contribution is 8.00. The fourth-order valence-electron chi connectivity index (χ4n) is 4.08. The monoisotopic (exact) mass is 445 g/mol. The second kappa shape index (κ2) is 9.69. The van der Waals surface area contributed by atoms with Crippen LogP contribution in [0.3, 0.4) is 0 Å². The third kappa shape index (κ3) is 5.01. The van der Waals surface area contributed by atoms with E-state index >= 15 is 0 Å². The van der Waals surface area contributed by atoms with Crippen molar-refractivity contribution in [3.8, 4) is 0 Å². The van der Waals surface area contributed by atoms with Gasteiger partial charge in [-0.1, -0.05) is 6.42 Å². The number of hydrogen-bond donors (Lipinski definition) is 3. The number of thioether (sulfide) groups is 1. The zero-order valence-electron chi connectivity index (χ0n) is 17.4. The minimum absolute atomic E-state index is 0.0734. The Kier molecular flexibility index (Phi) is 6.77. The average Bonchev–Trinajstić information content (AvgIpc) is 3.30. The van der Waals surface area contributed by atoms with Crippen LogP contribution in [0.5, 0.6) is 0 Å². The summed E-state index contributed by atoms with van der Waals surface area (Å²) >= 11 is 1.88. The van der Waals surface area contributed by atoms with Gasteiger partial charge in [-0.25, -0.2) is 9.78 Å². The van der Waals surface area contributed by atoms with E-state index in [4.69, 9.17) is 4.74 Å². The zero-order chi connectivity index (χ0) is 21.8. The van der Waals surface area contributed by atoms with E-state index in [2.05, 4.69) is 20.9 Å². The number of nitrogens with one attached hydrogen (secondary N) is 3. The van der Waals surface area contributed by atoms with Gasteiger partial charge in [-0.05, 0) is 31.0 Å². The summed E-state index contributed by atoms with van der Waals surface area (Å²) in [5.74, 6) is 0.870. The second-order valence-corrected chi connectivity index (χ2v) is 9.16. The first-order valence-electron chi connectivity index (χ1n) is 10.5. The first kappa shape index (κ1) is 21.6. The highest BCUT2D eigenvalue weighted by Crippen LogP contribution is 2.33. The molecule has 0 saturated carbocycles. The molecule has 2 fully saturated rings. The number of urea groups is 1. The average molecular weight is 446 g/mol. The van der Waals surface area contributed by atoms with Gasteiger partial charge in [0.2, 0.25) is 5.91 Å². The second-order valence-electron chi connectivity index (χ2n) is 7.88. The van der Waals surface area contributed by atoms with Crippen LogP contribution in [0.1, 0.15) is 25.7 Å². The number of amides is 3. The zero-order valence-corrected chi connectivity index (χ0v) is 18.2. The first-order valence-corrected chi connectivity index (χ1v) is 11.6. The van der Waals surface area contributed by atoms with Gasteiger partial charge in [0.15, 0.2) is 0 Å². The summed E-state index contributed by atoms with van der Waals surface area (Å²) < 4.78 is 6.53. The molecule has 1 aromatic heterocycles. The summed E-state index contributed by atoms with van der Waals surface area (Å²) in [4.78, 5) is 40.7. The van der Waals surface area contributed by atoms with Crippen molar-refractivity contribution in [1.82, 2.24) is 20.2 Å². The van der Waals surface area contributed by atoms with Crippen LogP contribution < -0.4 is 21.5 Å². The Bertz CT molecular complexity index is 1030. The van der Waals surface area contributed by atoms with E-state index < -0.39 is 0 Å². The maximum Gasteiger partial charge on any atom is 0.315 e. The van der Waals surface area contributed by atoms with Gasteiger partial charge in [0.05, 0.1) is 42.5 Å². The maximum atomic E-state index is 12.6. The minimum Gasteiger partial charge on any atom is -0.383 e. The molecule has 4 rings (SSSR count). The molecule has 1 aromatic carbocycles. The molecule has 0 spiro atoms. The highest BCUT2D eigenvalue weighted by Gasteiger charge is 2.42. The first-order chi connectivity index (χ1) is 15.0. The molecule has 9 nitrogen and oxygen atoms in total. The standard InChI is InChI=1S/C21H27N5O4S/c1-30-9-8-26-12-22-15-7-6-13(10-14(15)20(26)28)23-18(27)5-3-2-4-17-19-16(11-31-17)24-21(29)25-19/h6-7,10,12,16-17,19H,2-5,8-9,11H2,1H3,(H,23,27)(H2,24,25,29)/t16-,17-,19-/m0/s1. The van der Waals surface area contributed by atoms with Crippen molar-refractivity contribution in [1.29, 1.82) is 0 Å². The van der Waals surface area contributed by atoms with Crippen molar-refractivity contribution in [3.05, 3.63) is 34.9 Å². The number of methoxy groups -OCH3 is 1. The van der Waals surface area contributed by atoms with Gasteiger partial charge in [-0.2, -0.15) is 11.8 Å². The minimum atomic E-state index is -0.154. The smallest absolute Gasteiger partial charge is 0.315 e. The van der Waals surface area contributed by atoms with Gasteiger partial charge in [0.1, 0.15) is 0 Å². The third-order valence-electron chi connectivity index (χ3n) is 5.72. The van der Waals surface area contributed by atoms with Gasteiger partial charge >= 0.3 is 6.03 Å². The quantitative estimate of drug-likeness (QED) is 0.400. The molecule has 166 valence electrons. The molecular weight excluding hydrogens is 418 g/mol. The van der Waals surface area contributed by atoms with Crippen molar-refractivity contribution in [2.45, 2.75) is 49.6 Å². The Morgan fingerprint density at radius 2 is 2.19 bits per heavy atom. The van der Waals surface area contributed by atoms with E-state index in [1.807, 2.05) is 11.8 Å². The van der Waals surface area contributed by atoms with E-state index in [1.165, 1.54) is 10.9 Å². The van der Waals surface area contributed by atoms with E-state index in [1.54, 1.807) is 25.3 Å². The lowest BCUT2D eigenvalue weighted by molar-refractivity contribution is -0.116. The molecule has 3 atom stereocenters. The van der Waals surface area contributed by atoms with Crippen molar-refractivity contribution >= 4 is 40.3 Å². The number of carbonyl (C=O) groups excluding carboxylic acids is 2. The lowest BCUT2D eigenvalue weighted by Crippen LogP contribution is -2.36. The van der Waals surface area contributed by atoms with Crippen LogP contribution in [-0.2, 0) is 16.1 Å². The van der Waals surface area contributed by atoms with E-state index in [0.717, 1.165) is 25.0 Å². The van der Waals surface area contributed by atoms with Gasteiger partial charge in [-0.15, -0.1) is 0 Å². The molecule has 0 bridgehead atoms. The summed E-state index contributed by atoms with van der Waals surface area (Å²) in [6.07, 6.45) is 4.61. The summed E-state index contributed by atoms with van der Waals surface area (Å²) in [5, 5.41) is 9.69. The number of benzene rings is 1. The van der Waals surface area contributed by atoms with E-state index in [-0.39, 0.29) is 29.6 Å². The Hall–Kier alpha value is -2.59. The molecule has 2 aliphatic rings. The predicted octanol–water partition coefficient (Wildman–Crippen LogP) is 1.71. The number of unbranched alkanes of at least 4 members (excludes halogenated alkanes) is 1. The molecule has 31 heavy (non-hydrogen) atoms. The Labute approximate surface area is 184 Å². The molecule has 0 radical (unpaired) electrons. The van der Waals surface area contributed by atoms with Crippen molar-refractivity contribution < 1.29 is 14.3 Å². The number of carbonyl (C=O) groups is 2. The third-order valence-corrected chi connectivity index (χ3v) is 7.23. The SMILES string of the molecule is COCCn1cnc2ccc(NC(=O)CCCC[C@@H]3SC[C@@H]4NC(=O)N[C@@H]43)cc2c1=O. The summed E-state index contributed by atoms with van der Waals surface area (Å²) in [6.45, 7) is 0.850. The number of rotatable bonds is 9. The summed E-state index contributed by atoms with van der Waals surface area (Å²) in [7, 11) is 1.58. The molecular formula is C21H27N5O4S. The molecule has 10 heteroatoms. The van der Waals surface area contributed by atoms with E-state index in [0.29, 0.717) is 41.4 Å². The fraction of sp³-hybridized carbons (Fsp3) is 0.524. The molecule has 2 saturated heterocycles. The molecule has 0 aliphatic carbocycles. The molecule has 3 N–H and O–H groups in total. The number of hydrogen-bond acceptors (Lipinski definition) is 6.